The molecule has 0 atom stereocenters. The summed E-state index contributed by atoms with van der Waals surface area (Å²) in [5.41, 5.74) is 3.20. The molecule has 3 aromatic carbocycles. The minimum atomic E-state index is -0.667. The number of aromatic hydroxyl groups is 1. The van der Waals surface area contributed by atoms with E-state index in [1.165, 1.54) is 19.2 Å². The van der Waals surface area contributed by atoms with Crippen molar-refractivity contribution in [2.75, 3.05) is 12.4 Å². The Morgan fingerprint density at radius 1 is 0.889 bits per heavy atom. The van der Waals surface area contributed by atoms with Crippen molar-refractivity contribution >= 4 is 17.6 Å². The normalized spacial score (nSPS) is 10.3. The molecule has 0 aromatic heterocycles. The molecule has 27 heavy (non-hydrogen) atoms. The molecule has 0 saturated heterocycles. The molecule has 0 saturated carbocycles. The highest BCUT2D eigenvalue weighted by Crippen LogP contribution is 2.28. The van der Waals surface area contributed by atoms with E-state index in [9.17, 15) is 14.7 Å². The van der Waals surface area contributed by atoms with E-state index in [1.54, 1.807) is 6.07 Å². The number of esters is 1. The highest BCUT2D eigenvalue weighted by molar-refractivity contribution is 5.99. The zero-order chi connectivity index (χ0) is 19.2. The number of phenols is 1. The maximum atomic E-state index is 12.3. The Bertz CT molecular complexity index is 950. The van der Waals surface area contributed by atoms with E-state index in [1.807, 2.05) is 54.6 Å². The van der Waals surface area contributed by atoms with Gasteiger partial charge in [-0.1, -0.05) is 60.7 Å². The van der Waals surface area contributed by atoms with Crippen LogP contribution in [-0.2, 0) is 16.0 Å². The van der Waals surface area contributed by atoms with Gasteiger partial charge in [0, 0.05) is 0 Å². The van der Waals surface area contributed by atoms with Crippen molar-refractivity contribution in [1.29, 1.82) is 0 Å². The number of hydrogen-bond acceptors (Lipinski definition) is 4. The third-order valence-corrected chi connectivity index (χ3v) is 4.14. The number of phenolic OH excluding ortho intramolecular Hbond substituents is 1. The van der Waals surface area contributed by atoms with E-state index in [2.05, 4.69) is 10.1 Å². The molecular weight excluding hydrogens is 342 g/mol. The van der Waals surface area contributed by atoms with Crippen molar-refractivity contribution in [2.24, 2.45) is 0 Å². The predicted octanol–water partition coefficient (Wildman–Crippen LogP) is 4.03. The number of rotatable bonds is 5. The van der Waals surface area contributed by atoms with Crippen LogP contribution in [0.3, 0.4) is 0 Å². The number of hydrogen-bond donors (Lipinski definition) is 2. The molecule has 3 aromatic rings. The lowest BCUT2D eigenvalue weighted by Gasteiger charge is -2.10. The fourth-order valence-corrected chi connectivity index (χ4v) is 2.74. The fraction of sp³-hybridized carbons (Fsp3) is 0.0909. The van der Waals surface area contributed by atoms with Crippen molar-refractivity contribution in [3.63, 3.8) is 0 Å². The number of ether oxygens (including phenoxy) is 1. The van der Waals surface area contributed by atoms with Gasteiger partial charge in [-0.3, -0.25) is 4.79 Å². The van der Waals surface area contributed by atoms with Gasteiger partial charge in [-0.05, 0) is 28.8 Å². The summed E-state index contributed by atoms with van der Waals surface area (Å²) >= 11 is 0. The van der Waals surface area contributed by atoms with Crippen LogP contribution in [-0.4, -0.2) is 24.1 Å². The van der Waals surface area contributed by atoms with E-state index in [0.717, 1.165) is 16.7 Å². The van der Waals surface area contributed by atoms with Crippen LogP contribution in [0.25, 0.3) is 11.1 Å². The van der Waals surface area contributed by atoms with Gasteiger partial charge in [0.05, 0.1) is 19.2 Å². The Kier molecular flexibility index (Phi) is 5.52. The zero-order valence-corrected chi connectivity index (χ0v) is 14.8. The molecule has 0 heterocycles. The maximum absolute atomic E-state index is 12.3. The average molecular weight is 361 g/mol. The van der Waals surface area contributed by atoms with Crippen LogP contribution in [0.15, 0.2) is 72.8 Å². The lowest BCUT2D eigenvalue weighted by atomic mass is 10.0. The molecule has 3 rings (SSSR count). The lowest BCUT2D eigenvalue weighted by molar-refractivity contribution is -0.115. The van der Waals surface area contributed by atoms with Gasteiger partial charge in [0.1, 0.15) is 5.56 Å². The molecule has 5 nitrogen and oxygen atoms in total. The van der Waals surface area contributed by atoms with Gasteiger partial charge in [0.25, 0.3) is 0 Å². The fourth-order valence-electron chi connectivity index (χ4n) is 2.74. The van der Waals surface area contributed by atoms with Crippen molar-refractivity contribution in [1.82, 2.24) is 0 Å². The molecule has 0 aliphatic carbocycles. The first-order chi connectivity index (χ1) is 13.1. The molecular formula is C22H19NO4. The summed E-state index contributed by atoms with van der Waals surface area (Å²) < 4.78 is 4.61. The van der Waals surface area contributed by atoms with Crippen molar-refractivity contribution < 1.29 is 19.4 Å². The second-order valence-corrected chi connectivity index (χ2v) is 5.98. The van der Waals surface area contributed by atoms with Crippen LogP contribution in [0.1, 0.15) is 15.9 Å². The molecule has 2 N–H and O–H groups in total. The first-order valence-electron chi connectivity index (χ1n) is 8.43. The highest BCUT2D eigenvalue weighted by Gasteiger charge is 2.16. The first-order valence-corrected chi connectivity index (χ1v) is 8.43. The number of carbonyl (C=O) groups is 2. The van der Waals surface area contributed by atoms with Crippen LogP contribution < -0.4 is 5.32 Å². The van der Waals surface area contributed by atoms with Gasteiger partial charge in [-0.25, -0.2) is 4.79 Å². The van der Waals surface area contributed by atoms with E-state index < -0.39 is 5.97 Å². The second kappa shape index (κ2) is 8.19. The molecule has 0 spiro atoms. The SMILES string of the molecule is COC(=O)c1cccc(NC(=O)Cc2ccc(-c3ccccc3)cc2)c1O. The van der Waals surface area contributed by atoms with Crippen molar-refractivity contribution in [3.05, 3.63) is 83.9 Å². The van der Waals surface area contributed by atoms with Gasteiger partial charge in [0.15, 0.2) is 5.75 Å². The molecule has 0 aliphatic rings. The average Bonchev–Trinajstić information content (AvgIpc) is 2.70. The Morgan fingerprint density at radius 2 is 1.56 bits per heavy atom. The maximum Gasteiger partial charge on any atom is 0.341 e. The van der Waals surface area contributed by atoms with E-state index in [0.29, 0.717) is 0 Å². The van der Waals surface area contributed by atoms with Gasteiger partial charge < -0.3 is 15.2 Å². The summed E-state index contributed by atoms with van der Waals surface area (Å²) in [6.07, 6.45) is 0.150. The molecule has 0 aliphatic heterocycles. The number of benzene rings is 3. The van der Waals surface area contributed by atoms with E-state index >= 15 is 0 Å². The summed E-state index contributed by atoms with van der Waals surface area (Å²) in [5.74, 6) is -1.27. The van der Waals surface area contributed by atoms with Crippen molar-refractivity contribution in [3.8, 4) is 16.9 Å². The lowest BCUT2D eigenvalue weighted by Crippen LogP contribution is -2.15. The van der Waals surface area contributed by atoms with Crippen molar-refractivity contribution in [2.45, 2.75) is 6.42 Å². The number of para-hydroxylation sites is 1. The third kappa shape index (κ3) is 4.33. The van der Waals surface area contributed by atoms with Gasteiger partial charge in [-0.2, -0.15) is 0 Å². The molecule has 0 unspecified atom stereocenters. The number of anilines is 1. The second-order valence-electron chi connectivity index (χ2n) is 5.98. The Hall–Kier alpha value is -3.60. The van der Waals surface area contributed by atoms with Crippen LogP contribution in [0.2, 0.25) is 0 Å². The molecule has 1 amide bonds. The summed E-state index contributed by atoms with van der Waals surface area (Å²) in [4.78, 5) is 23.9. The van der Waals surface area contributed by atoms with Crippen LogP contribution in [0, 0.1) is 0 Å². The molecule has 5 heteroatoms. The Morgan fingerprint density at radius 3 is 2.22 bits per heavy atom. The molecule has 0 bridgehead atoms. The summed E-state index contributed by atoms with van der Waals surface area (Å²) in [6, 6.07) is 22.2. The largest absolute Gasteiger partial charge is 0.505 e. The van der Waals surface area contributed by atoms with E-state index in [-0.39, 0.29) is 29.3 Å². The number of nitrogens with one attached hydrogen (secondary N) is 1. The first kappa shape index (κ1) is 18.2. The van der Waals surface area contributed by atoms with Gasteiger partial charge in [-0.15, -0.1) is 0 Å². The van der Waals surface area contributed by atoms with Crippen LogP contribution >= 0.6 is 0 Å². The van der Waals surface area contributed by atoms with Gasteiger partial charge >= 0.3 is 5.97 Å². The Balaban J connectivity index is 1.69. The third-order valence-electron chi connectivity index (χ3n) is 4.14. The summed E-state index contributed by atoms with van der Waals surface area (Å²) in [6.45, 7) is 0. The van der Waals surface area contributed by atoms with Crippen LogP contribution in [0.4, 0.5) is 5.69 Å². The zero-order valence-electron chi connectivity index (χ0n) is 14.8. The number of carbonyl (C=O) groups excluding carboxylic acids is 2. The number of amides is 1. The Labute approximate surface area is 157 Å². The molecule has 136 valence electrons. The quantitative estimate of drug-likeness (QED) is 0.531. The minimum absolute atomic E-state index is 0.00233. The highest BCUT2D eigenvalue weighted by atomic mass is 16.5. The predicted molar refractivity (Wildman–Crippen MR) is 104 cm³/mol. The summed E-state index contributed by atoms with van der Waals surface area (Å²) in [7, 11) is 1.23. The van der Waals surface area contributed by atoms with Gasteiger partial charge in [0.2, 0.25) is 5.91 Å². The topological polar surface area (TPSA) is 75.6 Å². The number of methoxy groups -OCH3 is 1. The summed E-state index contributed by atoms with van der Waals surface area (Å²) in [5, 5.41) is 12.8. The monoisotopic (exact) mass is 361 g/mol. The standard InChI is InChI=1S/C22H19NO4/c1-27-22(26)18-8-5-9-19(21(18)25)23-20(24)14-15-10-12-17(13-11-15)16-6-3-2-4-7-16/h2-13,25H,14H2,1H3,(H,23,24). The minimum Gasteiger partial charge on any atom is -0.505 e. The van der Waals surface area contributed by atoms with Crippen LogP contribution in [0.5, 0.6) is 5.75 Å². The smallest absolute Gasteiger partial charge is 0.341 e. The molecule has 0 radical (unpaired) electrons. The van der Waals surface area contributed by atoms with E-state index in [4.69, 9.17) is 0 Å². The molecule has 0 fully saturated rings.